The monoisotopic (exact) mass is 252 g/mol. The summed E-state index contributed by atoms with van der Waals surface area (Å²) >= 11 is 0. The van der Waals surface area contributed by atoms with Crippen LogP contribution < -0.4 is 0 Å². The maximum atomic E-state index is 2.30. The van der Waals surface area contributed by atoms with E-state index in [4.69, 9.17) is 0 Å². The normalized spacial score (nSPS) is 10.9. The molecular weight excluding hydrogens is 228 g/mol. The van der Waals surface area contributed by atoms with Crippen LogP contribution in [0.5, 0.6) is 0 Å². The van der Waals surface area contributed by atoms with Gasteiger partial charge in [0.25, 0.3) is 0 Å². The molecule has 0 saturated heterocycles. The molecule has 0 heteroatoms. The van der Waals surface area contributed by atoms with Crippen molar-refractivity contribution in [2.45, 2.75) is 39.5 Å². The zero-order valence-corrected chi connectivity index (χ0v) is 12.1. The summed E-state index contributed by atoms with van der Waals surface area (Å²) in [6, 6.07) is 19.6. The number of aryl methyl sites for hydroxylation is 1. The highest BCUT2D eigenvalue weighted by molar-refractivity contribution is 5.63. The lowest BCUT2D eigenvalue weighted by molar-refractivity contribution is 0.538. The highest BCUT2D eigenvalue weighted by Crippen LogP contribution is 2.20. The summed E-state index contributed by atoms with van der Waals surface area (Å²) in [6.45, 7) is 4.60. The molecule has 0 fully saturated rings. The van der Waals surface area contributed by atoms with Crippen LogP contribution in [0.25, 0.3) is 11.1 Å². The predicted molar refractivity (Wildman–Crippen MR) is 84.3 cm³/mol. The van der Waals surface area contributed by atoms with Crippen molar-refractivity contribution in [2.75, 3.05) is 0 Å². The van der Waals surface area contributed by atoms with Crippen molar-refractivity contribution in [2.24, 2.45) is 5.92 Å². The molecule has 100 valence electrons. The molecule has 0 aliphatic carbocycles. The lowest BCUT2D eigenvalue weighted by atomic mass is 10.00. The van der Waals surface area contributed by atoms with E-state index in [1.807, 2.05) is 0 Å². The second kappa shape index (κ2) is 7.13. The summed E-state index contributed by atoms with van der Waals surface area (Å²) in [5.41, 5.74) is 4.07. The maximum Gasteiger partial charge on any atom is -0.0184 e. The summed E-state index contributed by atoms with van der Waals surface area (Å²) in [7, 11) is 0. The van der Waals surface area contributed by atoms with Gasteiger partial charge in [-0.1, -0.05) is 81.3 Å². The van der Waals surface area contributed by atoms with Gasteiger partial charge in [0.1, 0.15) is 0 Å². The first-order valence-electron chi connectivity index (χ1n) is 7.40. The van der Waals surface area contributed by atoms with E-state index in [1.165, 1.54) is 42.4 Å². The number of hydrogen-bond acceptors (Lipinski definition) is 0. The van der Waals surface area contributed by atoms with Gasteiger partial charge in [-0.25, -0.2) is 0 Å². The Morgan fingerprint density at radius 1 is 0.737 bits per heavy atom. The van der Waals surface area contributed by atoms with Crippen molar-refractivity contribution >= 4 is 0 Å². The van der Waals surface area contributed by atoms with Gasteiger partial charge in [-0.05, 0) is 35.4 Å². The van der Waals surface area contributed by atoms with E-state index in [-0.39, 0.29) is 0 Å². The third-order valence-corrected chi connectivity index (χ3v) is 3.56. The third-order valence-electron chi connectivity index (χ3n) is 3.56. The summed E-state index contributed by atoms with van der Waals surface area (Å²) in [6.07, 6.45) is 5.21. The first kappa shape index (κ1) is 13.9. The molecule has 2 rings (SSSR count). The van der Waals surface area contributed by atoms with Crippen LogP contribution in [0, 0.1) is 5.92 Å². The van der Waals surface area contributed by atoms with E-state index >= 15 is 0 Å². The molecular formula is C19H24. The van der Waals surface area contributed by atoms with E-state index in [1.54, 1.807) is 0 Å². The number of hydrogen-bond donors (Lipinski definition) is 0. The van der Waals surface area contributed by atoms with Crippen LogP contribution in [0.15, 0.2) is 54.6 Å². The zero-order chi connectivity index (χ0) is 13.5. The molecule has 0 saturated carbocycles. The van der Waals surface area contributed by atoms with Gasteiger partial charge in [0.15, 0.2) is 0 Å². The van der Waals surface area contributed by atoms with Gasteiger partial charge in [-0.2, -0.15) is 0 Å². The summed E-state index contributed by atoms with van der Waals surface area (Å²) in [5.74, 6) is 0.834. The van der Waals surface area contributed by atoms with E-state index < -0.39 is 0 Å². The first-order chi connectivity index (χ1) is 9.25. The van der Waals surface area contributed by atoms with Gasteiger partial charge >= 0.3 is 0 Å². The van der Waals surface area contributed by atoms with E-state index in [9.17, 15) is 0 Å². The second-order valence-electron chi connectivity index (χ2n) is 5.70. The van der Waals surface area contributed by atoms with Crippen LogP contribution >= 0.6 is 0 Å². The smallest absolute Gasteiger partial charge is 0.0184 e. The summed E-state index contributed by atoms with van der Waals surface area (Å²) in [5, 5.41) is 0. The predicted octanol–water partition coefficient (Wildman–Crippen LogP) is 5.72. The van der Waals surface area contributed by atoms with Gasteiger partial charge in [-0.3, -0.25) is 0 Å². The van der Waals surface area contributed by atoms with Gasteiger partial charge in [0.2, 0.25) is 0 Å². The van der Waals surface area contributed by atoms with Gasteiger partial charge < -0.3 is 0 Å². The molecule has 0 aliphatic heterocycles. The SMILES string of the molecule is CC(C)CCCCc1ccc(-c2ccccc2)cc1. The average Bonchev–Trinajstić information content (AvgIpc) is 2.45. The van der Waals surface area contributed by atoms with Crippen LogP contribution in [-0.2, 0) is 6.42 Å². The molecule has 0 N–H and O–H groups in total. The second-order valence-corrected chi connectivity index (χ2v) is 5.70. The van der Waals surface area contributed by atoms with Gasteiger partial charge in [0.05, 0.1) is 0 Å². The number of unbranched alkanes of at least 4 members (excludes halogenated alkanes) is 1. The Bertz CT molecular complexity index is 465. The van der Waals surface area contributed by atoms with E-state index in [2.05, 4.69) is 68.4 Å². The molecule has 19 heavy (non-hydrogen) atoms. The fourth-order valence-electron chi connectivity index (χ4n) is 2.38. The van der Waals surface area contributed by atoms with Gasteiger partial charge in [-0.15, -0.1) is 0 Å². The maximum absolute atomic E-state index is 2.30. The van der Waals surface area contributed by atoms with E-state index in [0.717, 1.165) is 5.92 Å². The molecule has 0 unspecified atom stereocenters. The van der Waals surface area contributed by atoms with Crippen molar-refractivity contribution in [3.8, 4) is 11.1 Å². The summed E-state index contributed by atoms with van der Waals surface area (Å²) in [4.78, 5) is 0. The Morgan fingerprint density at radius 2 is 1.37 bits per heavy atom. The third kappa shape index (κ3) is 4.55. The standard InChI is InChI=1S/C19H24/c1-16(2)8-6-7-9-17-12-14-19(15-13-17)18-10-4-3-5-11-18/h3-5,10-16H,6-9H2,1-2H3. The molecule has 0 heterocycles. The lowest BCUT2D eigenvalue weighted by Crippen LogP contribution is -1.90. The largest absolute Gasteiger partial charge is 0.0628 e. The highest BCUT2D eigenvalue weighted by Gasteiger charge is 1.99. The Labute approximate surface area is 117 Å². The van der Waals surface area contributed by atoms with Crippen LogP contribution in [0.2, 0.25) is 0 Å². The lowest BCUT2D eigenvalue weighted by Gasteiger charge is -2.06. The Morgan fingerprint density at radius 3 is 2.00 bits per heavy atom. The van der Waals surface area contributed by atoms with Crippen molar-refractivity contribution in [1.29, 1.82) is 0 Å². The number of benzene rings is 2. The Balaban J connectivity index is 1.88. The molecule has 2 aromatic rings. The molecule has 0 spiro atoms. The van der Waals surface area contributed by atoms with Crippen molar-refractivity contribution in [3.63, 3.8) is 0 Å². The minimum absolute atomic E-state index is 0.834. The van der Waals surface area contributed by atoms with Crippen LogP contribution in [0.3, 0.4) is 0 Å². The van der Waals surface area contributed by atoms with Crippen molar-refractivity contribution in [1.82, 2.24) is 0 Å². The Hall–Kier alpha value is -1.56. The van der Waals surface area contributed by atoms with Crippen LogP contribution in [0.1, 0.15) is 38.7 Å². The fraction of sp³-hybridized carbons (Fsp3) is 0.368. The molecule has 0 aromatic heterocycles. The summed E-state index contributed by atoms with van der Waals surface area (Å²) < 4.78 is 0. The van der Waals surface area contributed by atoms with Crippen molar-refractivity contribution < 1.29 is 0 Å². The molecule has 0 aliphatic rings. The molecule has 0 nitrogen and oxygen atoms in total. The first-order valence-corrected chi connectivity index (χ1v) is 7.40. The topological polar surface area (TPSA) is 0 Å². The van der Waals surface area contributed by atoms with Crippen LogP contribution in [-0.4, -0.2) is 0 Å². The Kier molecular flexibility index (Phi) is 5.20. The van der Waals surface area contributed by atoms with Crippen LogP contribution in [0.4, 0.5) is 0 Å². The number of rotatable bonds is 6. The molecule has 0 atom stereocenters. The molecule has 2 aromatic carbocycles. The molecule has 0 bridgehead atoms. The zero-order valence-electron chi connectivity index (χ0n) is 12.1. The minimum Gasteiger partial charge on any atom is -0.0628 e. The quantitative estimate of drug-likeness (QED) is 0.576. The fourth-order valence-corrected chi connectivity index (χ4v) is 2.38. The molecule has 0 radical (unpaired) electrons. The van der Waals surface area contributed by atoms with Crippen molar-refractivity contribution in [3.05, 3.63) is 60.2 Å². The average molecular weight is 252 g/mol. The highest BCUT2D eigenvalue weighted by atomic mass is 14.0. The van der Waals surface area contributed by atoms with E-state index in [0.29, 0.717) is 0 Å². The van der Waals surface area contributed by atoms with Gasteiger partial charge in [0, 0.05) is 0 Å². The molecule has 0 amide bonds. The minimum atomic E-state index is 0.834.